The number of alkyl halides is 9. The summed E-state index contributed by atoms with van der Waals surface area (Å²) < 4.78 is 126. The first-order valence-electron chi connectivity index (χ1n) is 10.3. The van der Waals surface area contributed by atoms with Crippen molar-refractivity contribution < 1.29 is 53.8 Å². The molecule has 0 aromatic heterocycles. The van der Waals surface area contributed by atoms with E-state index in [0.717, 1.165) is 18.9 Å². The number of carbonyl (C=O) groups excluding carboxylic acids is 1. The lowest BCUT2D eigenvalue weighted by Crippen LogP contribution is -2.52. The Morgan fingerprint density at radius 3 is 2.03 bits per heavy atom. The van der Waals surface area contributed by atoms with E-state index in [2.05, 4.69) is 4.74 Å². The Morgan fingerprint density at radius 1 is 0.941 bits per heavy atom. The van der Waals surface area contributed by atoms with E-state index in [-0.39, 0.29) is 56.6 Å². The van der Waals surface area contributed by atoms with Crippen LogP contribution in [0.1, 0.15) is 24.0 Å². The van der Waals surface area contributed by atoms with Gasteiger partial charge < -0.3 is 14.4 Å². The molecule has 1 aromatic rings. The molecule has 1 aliphatic heterocycles. The van der Waals surface area contributed by atoms with Gasteiger partial charge in [-0.1, -0.05) is 6.07 Å². The van der Waals surface area contributed by atoms with Crippen molar-refractivity contribution >= 4 is 6.09 Å². The van der Waals surface area contributed by atoms with Crippen LogP contribution in [0.3, 0.4) is 0 Å². The molecule has 1 heterocycles. The third-order valence-electron chi connectivity index (χ3n) is 5.44. The summed E-state index contributed by atoms with van der Waals surface area (Å²) in [6.07, 6.45) is -20.6. The summed E-state index contributed by atoms with van der Waals surface area (Å²) in [5.41, 5.74) is -1.03. The van der Waals surface area contributed by atoms with E-state index in [1.807, 2.05) is 0 Å². The highest BCUT2D eigenvalue weighted by atomic mass is 19.4. The number of halogens is 9. The molecule has 14 heteroatoms. The van der Waals surface area contributed by atoms with Crippen molar-refractivity contribution in [3.05, 3.63) is 29.3 Å². The quantitative estimate of drug-likeness (QED) is 0.493. The van der Waals surface area contributed by atoms with E-state index < -0.39 is 36.3 Å². The molecule has 3 rings (SSSR count). The Labute approximate surface area is 188 Å². The first kappa shape index (κ1) is 26.2. The molecule has 1 aliphatic carbocycles. The average Bonchev–Trinajstić information content (AvgIpc) is 3.53. The van der Waals surface area contributed by atoms with Crippen LogP contribution in [0, 0.1) is 5.92 Å². The van der Waals surface area contributed by atoms with Crippen molar-refractivity contribution in [2.45, 2.75) is 44.0 Å². The number of rotatable bonds is 6. The van der Waals surface area contributed by atoms with Crippen molar-refractivity contribution in [2.75, 3.05) is 32.8 Å². The minimum absolute atomic E-state index is 0.0572. The molecule has 2 fully saturated rings. The molecule has 1 saturated heterocycles. The fourth-order valence-electron chi connectivity index (χ4n) is 3.43. The summed E-state index contributed by atoms with van der Waals surface area (Å²) in [5, 5.41) is 0. The molecule has 0 atom stereocenters. The van der Waals surface area contributed by atoms with Crippen molar-refractivity contribution in [2.24, 2.45) is 5.92 Å². The number of hydrogen-bond donors (Lipinski definition) is 0. The number of nitrogens with zero attached hydrogens (tertiary/aromatic N) is 2. The lowest BCUT2D eigenvalue weighted by molar-refractivity contribution is -0.308. The molecule has 0 unspecified atom stereocenters. The summed E-state index contributed by atoms with van der Waals surface area (Å²) >= 11 is 0. The van der Waals surface area contributed by atoms with Crippen LogP contribution in [0.5, 0.6) is 5.75 Å². The van der Waals surface area contributed by atoms with Crippen LogP contribution < -0.4 is 4.74 Å². The molecule has 1 aromatic carbocycles. The molecule has 1 saturated carbocycles. The molecule has 1 amide bonds. The zero-order valence-corrected chi connectivity index (χ0v) is 17.6. The van der Waals surface area contributed by atoms with Crippen molar-refractivity contribution in [3.63, 3.8) is 0 Å². The van der Waals surface area contributed by atoms with Gasteiger partial charge in [0.25, 0.3) is 6.10 Å². The lowest BCUT2D eigenvalue weighted by Gasteiger charge is -2.35. The maximum absolute atomic E-state index is 13.5. The lowest BCUT2D eigenvalue weighted by atomic mass is 10.0. The molecule has 192 valence electrons. The van der Waals surface area contributed by atoms with Gasteiger partial charge in [-0.15, -0.1) is 0 Å². The largest absolute Gasteiger partial charge is 0.493 e. The first-order chi connectivity index (χ1) is 15.7. The van der Waals surface area contributed by atoms with Crippen LogP contribution in [0.25, 0.3) is 0 Å². The number of ether oxygens (including phenoxy) is 2. The maximum Gasteiger partial charge on any atom is 0.434 e. The first-order valence-corrected chi connectivity index (χ1v) is 10.3. The Kier molecular flexibility index (Phi) is 7.48. The molecular formula is C20H21F9N2O3. The number of carbonyl (C=O) groups is 1. The molecule has 34 heavy (non-hydrogen) atoms. The van der Waals surface area contributed by atoms with Crippen LogP contribution >= 0.6 is 0 Å². The SMILES string of the molecule is O=C(OC(C(F)(F)F)C(F)(F)F)N1CCN(Cc2c(OCC3CC3)cccc2C(F)(F)F)CC1. The zero-order chi connectivity index (χ0) is 25.3. The Hall–Kier alpha value is -2.38. The summed E-state index contributed by atoms with van der Waals surface area (Å²) in [7, 11) is 0. The van der Waals surface area contributed by atoms with Gasteiger partial charge in [-0.3, -0.25) is 4.90 Å². The minimum Gasteiger partial charge on any atom is -0.493 e. The van der Waals surface area contributed by atoms with Crippen LogP contribution in [-0.4, -0.2) is 67.1 Å². The Morgan fingerprint density at radius 2 is 1.53 bits per heavy atom. The third-order valence-corrected chi connectivity index (χ3v) is 5.44. The maximum atomic E-state index is 13.5. The second-order valence-corrected chi connectivity index (χ2v) is 8.14. The van der Waals surface area contributed by atoms with Crippen LogP contribution in [0.4, 0.5) is 44.3 Å². The summed E-state index contributed by atoms with van der Waals surface area (Å²) in [6.45, 7) is -0.792. The molecular weight excluding hydrogens is 487 g/mol. The number of piperazine rings is 1. The van der Waals surface area contributed by atoms with Gasteiger partial charge in [0.1, 0.15) is 5.75 Å². The summed E-state index contributed by atoms with van der Waals surface area (Å²) in [5.74, 6) is 0.343. The van der Waals surface area contributed by atoms with Gasteiger partial charge in [0.2, 0.25) is 0 Å². The predicted molar refractivity (Wildman–Crippen MR) is 98.9 cm³/mol. The monoisotopic (exact) mass is 508 g/mol. The van der Waals surface area contributed by atoms with E-state index >= 15 is 0 Å². The van der Waals surface area contributed by atoms with E-state index in [0.29, 0.717) is 4.90 Å². The molecule has 0 N–H and O–H groups in total. The highest BCUT2D eigenvalue weighted by Gasteiger charge is 2.60. The Bertz CT molecular complexity index is 844. The third kappa shape index (κ3) is 6.83. The van der Waals surface area contributed by atoms with Gasteiger partial charge >= 0.3 is 24.6 Å². The standard InChI is InChI=1S/C20H21F9N2O3/c21-18(22,23)14-2-1-3-15(33-11-12-4-5-12)13(14)10-30-6-8-31(9-7-30)17(32)34-16(19(24,25)26)20(27,28)29/h1-3,12,16H,4-11H2. The van der Waals surface area contributed by atoms with Crippen molar-refractivity contribution in [1.29, 1.82) is 0 Å². The fraction of sp³-hybridized carbons (Fsp3) is 0.650. The molecule has 0 spiro atoms. The van der Waals surface area contributed by atoms with E-state index in [4.69, 9.17) is 4.74 Å². The molecule has 0 radical (unpaired) electrons. The molecule has 2 aliphatic rings. The van der Waals surface area contributed by atoms with Crippen molar-refractivity contribution in [1.82, 2.24) is 9.80 Å². The van der Waals surface area contributed by atoms with Crippen molar-refractivity contribution in [3.8, 4) is 5.75 Å². The van der Waals surface area contributed by atoms with Gasteiger partial charge in [0.15, 0.2) is 0 Å². The smallest absolute Gasteiger partial charge is 0.434 e. The average molecular weight is 508 g/mol. The van der Waals surface area contributed by atoms with E-state index in [1.165, 1.54) is 17.0 Å². The minimum atomic E-state index is -5.84. The van der Waals surface area contributed by atoms with Gasteiger partial charge in [-0.25, -0.2) is 4.79 Å². The zero-order valence-electron chi connectivity index (χ0n) is 17.6. The number of amides is 1. The fourth-order valence-corrected chi connectivity index (χ4v) is 3.43. The Balaban J connectivity index is 1.65. The summed E-state index contributed by atoms with van der Waals surface area (Å²) in [6, 6.07) is 3.54. The highest BCUT2D eigenvalue weighted by Crippen LogP contribution is 2.39. The number of benzene rings is 1. The van der Waals surface area contributed by atoms with E-state index in [1.54, 1.807) is 0 Å². The van der Waals surface area contributed by atoms with Crippen LogP contribution in [0.15, 0.2) is 18.2 Å². The number of hydrogen-bond acceptors (Lipinski definition) is 4. The van der Waals surface area contributed by atoms with Gasteiger partial charge in [0, 0.05) is 38.3 Å². The topological polar surface area (TPSA) is 42.0 Å². The van der Waals surface area contributed by atoms with E-state index in [9.17, 15) is 44.3 Å². The van der Waals surface area contributed by atoms with Gasteiger partial charge in [0.05, 0.1) is 12.2 Å². The summed E-state index contributed by atoms with van der Waals surface area (Å²) in [4.78, 5) is 14.0. The molecule has 5 nitrogen and oxygen atoms in total. The molecule has 0 bridgehead atoms. The highest BCUT2D eigenvalue weighted by molar-refractivity contribution is 5.68. The predicted octanol–water partition coefficient (Wildman–Crippen LogP) is 5.24. The van der Waals surface area contributed by atoms with Gasteiger partial charge in [-0.05, 0) is 30.9 Å². The van der Waals surface area contributed by atoms with Crippen LogP contribution in [-0.2, 0) is 17.5 Å². The van der Waals surface area contributed by atoms with Crippen LogP contribution in [0.2, 0.25) is 0 Å². The second-order valence-electron chi connectivity index (χ2n) is 8.14. The second kappa shape index (κ2) is 9.70. The normalized spacial score (nSPS) is 18.4. The van der Waals surface area contributed by atoms with Gasteiger partial charge in [-0.2, -0.15) is 39.5 Å².